The molecule has 0 saturated carbocycles. The summed E-state index contributed by atoms with van der Waals surface area (Å²) in [6.07, 6.45) is 0.887. The van der Waals surface area contributed by atoms with Crippen LogP contribution in [0.4, 0.5) is 0 Å². The second-order valence-corrected chi connectivity index (χ2v) is 7.20. The molecule has 6 heteroatoms. The lowest BCUT2D eigenvalue weighted by atomic mass is 10.1. The smallest absolute Gasteiger partial charge is 0.134 e. The van der Waals surface area contributed by atoms with E-state index >= 15 is 0 Å². The molecule has 2 aromatic rings. The van der Waals surface area contributed by atoms with Gasteiger partial charge in [0, 0.05) is 31.7 Å². The van der Waals surface area contributed by atoms with Gasteiger partial charge < -0.3 is 19.6 Å². The van der Waals surface area contributed by atoms with Crippen LogP contribution in [0.3, 0.4) is 0 Å². The van der Waals surface area contributed by atoms with Crippen LogP contribution < -0.4 is 4.74 Å². The molecule has 1 fully saturated rings. The fourth-order valence-electron chi connectivity index (χ4n) is 3.17. The molecule has 0 amide bonds. The van der Waals surface area contributed by atoms with Gasteiger partial charge in [-0.15, -0.1) is 0 Å². The van der Waals surface area contributed by atoms with Crippen molar-refractivity contribution in [1.29, 1.82) is 0 Å². The molecular weight excluding hydrogens is 330 g/mol. The van der Waals surface area contributed by atoms with Gasteiger partial charge in [0.2, 0.25) is 0 Å². The van der Waals surface area contributed by atoms with Crippen LogP contribution in [0.15, 0.2) is 24.3 Å². The molecule has 1 atom stereocenters. The van der Waals surface area contributed by atoms with E-state index in [2.05, 4.69) is 21.8 Å². The van der Waals surface area contributed by atoms with Crippen LogP contribution in [-0.2, 0) is 17.7 Å². The highest BCUT2D eigenvalue weighted by Gasteiger charge is 2.34. The maximum Gasteiger partial charge on any atom is 0.134 e. The van der Waals surface area contributed by atoms with Crippen LogP contribution in [0, 0.1) is 13.8 Å². The second kappa shape index (κ2) is 8.20. The Labute approximate surface area is 155 Å². The number of H-pyrrole nitrogens is 1. The van der Waals surface area contributed by atoms with E-state index in [1.165, 1.54) is 5.56 Å². The molecule has 0 unspecified atom stereocenters. The van der Waals surface area contributed by atoms with Gasteiger partial charge in [0.15, 0.2) is 0 Å². The van der Waals surface area contributed by atoms with Crippen molar-refractivity contribution in [2.24, 2.45) is 0 Å². The quantitative estimate of drug-likeness (QED) is 0.828. The fraction of sp³-hybridized carbons (Fsp3) is 0.550. The van der Waals surface area contributed by atoms with Crippen LogP contribution in [0.25, 0.3) is 0 Å². The monoisotopic (exact) mass is 359 g/mol. The highest BCUT2D eigenvalue weighted by molar-refractivity contribution is 5.26. The van der Waals surface area contributed by atoms with Crippen molar-refractivity contribution in [2.45, 2.75) is 39.3 Å². The van der Waals surface area contributed by atoms with Crippen LogP contribution >= 0.6 is 0 Å². The molecule has 0 bridgehead atoms. The third kappa shape index (κ3) is 4.84. The van der Waals surface area contributed by atoms with Crippen LogP contribution in [0.1, 0.15) is 29.7 Å². The van der Waals surface area contributed by atoms with Crippen molar-refractivity contribution >= 4 is 0 Å². The van der Waals surface area contributed by atoms with Gasteiger partial charge in [-0.3, -0.25) is 4.90 Å². The van der Waals surface area contributed by atoms with Crippen molar-refractivity contribution in [3.63, 3.8) is 0 Å². The van der Waals surface area contributed by atoms with Gasteiger partial charge in [-0.1, -0.05) is 24.6 Å². The minimum absolute atomic E-state index is 0.201. The number of benzene rings is 1. The summed E-state index contributed by atoms with van der Waals surface area (Å²) in [5.41, 5.74) is 2.26. The Hall–Kier alpha value is -1.89. The Morgan fingerprint density at radius 1 is 1.31 bits per heavy atom. The van der Waals surface area contributed by atoms with Crippen molar-refractivity contribution in [3.05, 3.63) is 47.0 Å². The minimum atomic E-state index is -1.04. The number of nitrogens with zero attached hydrogens (tertiary/aromatic N) is 2. The minimum Gasteiger partial charge on any atom is -0.490 e. The van der Waals surface area contributed by atoms with Gasteiger partial charge in [0.1, 0.15) is 23.8 Å². The van der Waals surface area contributed by atoms with Crippen LogP contribution in [0.5, 0.6) is 5.75 Å². The zero-order chi connectivity index (χ0) is 18.6. The van der Waals surface area contributed by atoms with E-state index in [0.717, 1.165) is 35.9 Å². The van der Waals surface area contributed by atoms with E-state index in [0.29, 0.717) is 19.7 Å². The van der Waals surface area contributed by atoms with Gasteiger partial charge in [-0.25, -0.2) is 4.98 Å². The predicted octanol–water partition coefficient (Wildman–Crippen LogP) is 2.23. The first-order chi connectivity index (χ1) is 12.5. The summed E-state index contributed by atoms with van der Waals surface area (Å²) in [7, 11) is 0. The van der Waals surface area contributed by atoms with Gasteiger partial charge in [-0.05, 0) is 26.0 Å². The third-order valence-electron chi connectivity index (χ3n) is 4.71. The number of hydrogen-bond donors (Lipinski definition) is 2. The predicted molar refractivity (Wildman–Crippen MR) is 100 cm³/mol. The zero-order valence-corrected chi connectivity index (χ0v) is 15.9. The summed E-state index contributed by atoms with van der Waals surface area (Å²) in [4.78, 5) is 10.2. The second-order valence-electron chi connectivity index (χ2n) is 7.20. The number of nitrogens with one attached hydrogen (secondary N) is 1. The van der Waals surface area contributed by atoms with E-state index in [1.807, 2.05) is 38.1 Å². The van der Waals surface area contributed by atoms with Crippen LogP contribution in [0.2, 0.25) is 0 Å². The van der Waals surface area contributed by atoms with Gasteiger partial charge >= 0.3 is 0 Å². The van der Waals surface area contributed by atoms with Crippen molar-refractivity contribution in [1.82, 2.24) is 14.9 Å². The van der Waals surface area contributed by atoms with E-state index in [-0.39, 0.29) is 13.2 Å². The molecule has 0 spiro atoms. The molecule has 26 heavy (non-hydrogen) atoms. The van der Waals surface area contributed by atoms with Gasteiger partial charge in [-0.2, -0.15) is 0 Å². The topological polar surface area (TPSA) is 70.6 Å². The number of aliphatic hydroxyl groups is 1. The van der Waals surface area contributed by atoms with E-state index < -0.39 is 5.60 Å². The van der Waals surface area contributed by atoms with Crippen molar-refractivity contribution in [3.8, 4) is 5.75 Å². The summed E-state index contributed by atoms with van der Waals surface area (Å²) >= 11 is 0. The Morgan fingerprint density at radius 2 is 2.08 bits per heavy atom. The SMILES string of the molecule is CCc1nc(CN2CCOC[C@](O)(COc3ccc(C)cc3)C2)c(C)[nH]1. The molecule has 1 aromatic carbocycles. The standard InChI is InChI=1S/C20H29N3O3/c1-4-19-21-16(3)18(22-19)11-23-9-10-25-13-20(24,12-23)14-26-17-7-5-15(2)6-8-17/h5-8,24H,4,9-14H2,1-3H3,(H,21,22)/t20-/m0/s1. The summed E-state index contributed by atoms with van der Waals surface area (Å²) in [6, 6.07) is 7.85. The Balaban J connectivity index is 1.63. The number of hydrogen-bond acceptors (Lipinski definition) is 5. The molecule has 142 valence electrons. The number of β-amino-alcohol motifs (C(OH)–C–C–N with tert-alkyl or cyclic N) is 1. The average molecular weight is 359 g/mol. The van der Waals surface area contributed by atoms with E-state index in [4.69, 9.17) is 9.47 Å². The highest BCUT2D eigenvalue weighted by atomic mass is 16.5. The summed E-state index contributed by atoms with van der Waals surface area (Å²) in [6.45, 7) is 9.19. The van der Waals surface area contributed by atoms with Gasteiger partial charge in [0.25, 0.3) is 0 Å². The maximum absolute atomic E-state index is 11.0. The molecular formula is C20H29N3O3. The molecule has 2 N–H and O–H groups in total. The number of aromatic nitrogens is 2. The molecule has 0 aliphatic carbocycles. The summed E-state index contributed by atoms with van der Waals surface area (Å²) < 4.78 is 11.5. The molecule has 1 aromatic heterocycles. The first-order valence-electron chi connectivity index (χ1n) is 9.24. The van der Waals surface area contributed by atoms with Crippen molar-refractivity contribution in [2.75, 3.05) is 32.9 Å². The molecule has 3 rings (SSSR count). The normalized spacial score (nSPS) is 21.5. The van der Waals surface area contributed by atoms with E-state index in [1.54, 1.807) is 0 Å². The number of aryl methyl sites for hydroxylation is 3. The first kappa shape index (κ1) is 18.9. The molecule has 1 aliphatic heterocycles. The van der Waals surface area contributed by atoms with Gasteiger partial charge in [0.05, 0.1) is 18.9 Å². The lowest BCUT2D eigenvalue weighted by Gasteiger charge is -2.30. The Kier molecular flexibility index (Phi) is 5.96. The maximum atomic E-state index is 11.0. The van der Waals surface area contributed by atoms with E-state index in [9.17, 15) is 5.11 Å². The molecule has 1 aliphatic rings. The molecule has 0 radical (unpaired) electrons. The zero-order valence-electron chi connectivity index (χ0n) is 15.9. The highest BCUT2D eigenvalue weighted by Crippen LogP contribution is 2.19. The largest absolute Gasteiger partial charge is 0.490 e. The molecule has 2 heterocycles. The lowest BCUT2D eigenvalue weighted by molar-refractivity contribution is -0.0647. The Morgan fingerprint density at radius 3 is 2.77 bits per heavy atom. The summed E-state index contributed by atoms with van der Waals surface area (Å²) in [5, 5.41) is 11.0. The number of imidazole rings is 1. The lowest BCUT2D eigenvalue weighted by Crippen LogP contribution is -2.48. The average Bonchev–Trinajstić information content (AvgIpc) is 2.86. The molecule has 6 nitrogen and oxygen atoms in total. The molecule has 1 saturated heterocycles. The Bertz CT molecular complexity index is 714. The van der Waals surface area contributed by atoms with Crippen molar-refractivity contribution < 1.29 is 14.6 Å². The summed E-state index contributed by atoms with van der Waals surface area (Å²) in [5.74, 6) is 1.76. The fourth-order valence-corrected chi connectivity index (χ4v) is 3.17. The van der Waals surface area contributed by atoms with Crippen LogP contribution in [-0.4, -0.2) is 58.5 Å². The third-order valence-corrected chi connectivity index (χ3v) is 4.71. The number of rotatable bonds is 6. The first-order valence-corrected chi connectivity index (χ1v) is 9.24. The number of ether oxygens (including phenoxy) is 2. The number of aromatic amines is 1.